The predicted molar refractivity (Wildman–Crippen MR) is 79.1 cm³/mol. The van der Waals surface area contributed by atoms with Crippen molar-refractivity contribution >= 4 is 31.3 Å². The fraction of sp³-hybridized carbons (Fsp3) is 0.231. The van der Waals surface area contributed by atoms with E-state index in [1.807, 2.05) is 6.07 Å². The van der Waals surface area contributed by atoms with Gasteiger partial charge in [0.05, 0.1) is 5.69 Å². The molecule has 2 aromatic rings. The summed E-state index contributed by atoms with van der Waals surface area (Å²) in [5.41, 5.74) is 1.43. The first-order valence-electron chi connectivity index (χ1n) is 6.29. The van der Waals surface area contributed by atoms with Crippen LogP contribution in [0.15, 0.2) is 42.7 Å². The largest absolute Gasteiger partial charge is 0.311 e. The van der Waals surface area contributed by atoms with Gasteiger partial charge in [-0.15, -0.1) is 0 Å². The molecule has 8 heteroatoms. The Kier molecular flexibility index (Phi) is 3.46. The Balaban J connectivity index is 1.91. The van der Waals surface area contributed by atoms with Gasteiger partial charge in [-0.1, -0.05) is 6.07 Å². The number of hydrogen-bond acceptors (Lipinski definition) is 4. The Hall–Kier alpha value is -1.86. The molecule has 21 heavy (non-hydrogen) atoms. The Bertz CT molecular complexity index is 774. The Morgan fingerprint density at radius 1 is 1.24 bits per heavy atom. The van der Waals surface area contributed by atoms with Crippen molar-refractivity contribution in [3.8, 4) is 5.69 Å². The van der Waals surface area contributed by atoms with Gasteiger partial charge in [-0.05, 0) is 24.3 Å². The first-order valence-corrected chi connectivity index (χ1v) is 8.66. The number of anilines is 1. The molecule has 1 fully saturated rings. The van der Waals surface area contributed by atoms with Gasteiger partial charge in [-0.25, -0.2) is 13.1 Å². The van der Waals surface area contributed by atoms with E-state index in [0.29, 0.717) is 5.69 Å². The van der Waals surface area contributed by atoms with E-state index >= 15 is 0 Å². The standard InChI is InChI=1S/C13H12ClN3O3S/c14-21(19,20)12-8-13(18)16(9-12)10-3-1-4-11(7-10)17-6-2-5-15-17/h1-7,12H,8-9H2. The summed E-state index contributed by atoms with van der Waals surface area (Å²) in [5.74, 6) is -0.248. The number of nitrogens with zero attached hydrogens (tertiary/aromatic N) is 3. The molecule has 1 saturated heterocycles. The zero-order valence-electron chi connectivity index (χ0n) is 10.9. The molecule has 1 unspecified atom stereocenters. The number of amides is 1. The summed E-state index contributed by atoms with van der Waals surface area (Å²) in [6, 6.07) is 8.99. The second-order valence-electron chi connectivity index (χ2n) is 4.78. The SMILES string of the molecule is O=C1CC(S(=O)(=O)Cl)CN1c1cccc(-n2cccn2)c1. The van der Waals surface area contributed by atoms with E-state index in [9.17, 15) is 13.2 Å². The van der Waals surface area contributed by atoms with Crippen LogP contribution in [-0.2, 0) is 13.8 Å². The van der Waals surface area contributed by atoms with Gasteiger partial charge in [0.15, 0.2) is 0 Å². The number of benzene rings is 1. The molecule has 1 aliphatic rings. The summed E-state index contributed by atoms with van der Waals surface area (Å²) in [5, 5.41) is 3.26. The molecule has 1 aromatic carbocycles. The smallest absolute Gasteiger partial charge is 0.237 e. The zero-order valence-corrected chi connectivity index (χ0v) is 12.5. The number of aromatic nitrogens is 2. The summed E-state index contributed by atoms with van der Waals surface area (Å²) < 4.78 is 24.4. The monoisotopic (exact) mass is 325 g/mol. The highest BCUT2D eigenvalue weighted by Gasteiger charge is 2.38. The molecule has 0 radical (unpaired) electrons. The lowest BCUT2D eigenvalue weighted by molar-refractivity contribution is -0.117. The van der Waals surface area contributed by atoms with Crippen LogP contribution in [0.5, 0.6) is 0 Å². The average molecular weight is 326 g/mol. The maximum absolute atomic E-state index is 12.0. The summed E-state index contributed by atoms with van der Waals surface area (Å²) in [7, 11) is 1.61. The van der Waals surface area contributed by atoms with Gasteiger partial charge in [0.25, 0.3) is 0 Å². The van der Waals surface area contributed by atoms with Gasteiger partial charge in [0.1, 0.15) is 5.25 Å². The van der Waals surface area contributed by atoms with E-state index in [1.54, 1.807) is 41.3 Å². The van der Waals surface area contributed by atoms with Crippen LogP contribution in [0, 0.1) is 0 Å². The third-order valence-electron chi connectivity index (χ3n) is 3.40. The van der Waals surface area contributed by atoms with Crippen molar-refractivity contribution in [3.05, 3.63) is 42.7 Å². The van der Waals surface area contributed by atoms with E-state index in [1.165, 1.54) is 4.90 Å². The highest BCUT2D eigenvalue weighted by atomic mass is 35.7. The Morgan fingerprint density at radius 3 is 2.62 bits per heavy atom. The maximum Gasteiger partial charge on any atom is 0.237 e. The van der Waals surface area contributed by atoms with E-state index in [0.717, 1.165) is 5.69 Å². The quantitative estimate of drug-likeness (QED) is 0.803. The molecule has 1 aromatic heterocycles. The van der Waals surface area contributed by atoms with Gasteiger partial charge in [0.2, 0.25) is 15.0 Å². The highest BCUT2D eigenvalue weighted by molar-refractivity contribution is 8.14. The minimum Gasteiger partial charge on any atom is -0.311 e. The van der Waals surface area contributed by atoms with Crippen LogP contribution < -0.4 is 4.90 Å². The number of carbonyl (C=O) groups is 1. The lowest BCUT2D eigenvalue weighted by Gasteiger charge is -2.17. The Labute approximate surface area is 126 Å². The number of hydrogen-bond donors (Lipinski definition) is 0. The molecule has 0 saturated carbocycles. The molecular formula is C13H12ClN3O3S. The van der Waals surface area contributed by atoms with E-state index < -0.39 is 14.3 Å². The van der Waals surface area contributed by atoms with Crippen LogP contribution in [-0.4, -0.2) is 35.9 Å². The number of rotatable bonds is 3. The fourth-order valence-corrected chi connectivity index (χ4v) is 3.36. The first kappa shape index (κ1) is 14.1. The fourth-order valence-electron chi connectivity index (χ4n) is 2.34. The van der Waals surface area contributed by atoms with Crippen LogP contribution in [0.4, 0.5) is 5.69 Å². The molecule has 1 atom stereocenters. The van der Waals surface area contributed by atoms with Crippen molar-refractivity contribution in [1.29, 1.82) is 0 Å². The average Bonchev–Trinajstić information content (AvgIpc) is 3.07. The molecule has 0 aliphatic carbocycles. The van der Waals surface area contributed by atoms with Crippen LogP contribution in [0.2, 0.25) is 0 Å². The van der Waals surface area contributed by atoms with Crippen LogP contribution in [0.3, 0.4) is 0 Å². The van der Waals surface area contributed by atoms with Gasteiger partial charge in [0, 0.05) is 41.7 Å². The summed E-state index contributed by atoms with van der Waals surface area (Å²) in [4.78, 5) is 13.5. The molecule has 3 rings (SSSR count). The molecule has 0 spiro atoms. The lowest BCUT2D eigenvalue weighted by Crippen LogP contribution is -2.26. The van der Waals surface area contributed by atoms with Gasteiger partial charge >= 0.3 is 0 Å². The van der Waals surface area contributed by atoms with Crippen LogP contribution in [0.25, 0.3) is 5.69 Å². The third-order valence-corrected chi connectivity index (χ3v) is 5.27. The summed E-state index contributed by atoms with van der Waals surface area (Å²) >= 11 is 0. The first-order chi connectivity index (χ1) is 9.95. The van der Waals surface area contributed by atoms with E-state index in [2.05, 4.69) is 5.10 Å². The van der Waals surface area contributed by atoms with Crippen LogP contribution >= 0.6 is 10.7 Å². The van der Waals surface area contributed by atoms with Crippen molar-refractivity contribution in [2.45, 2.75) is 11.7 Å². The van der Waals surface area contributed by atoms with Crippen molar-refractivity contribution < 1.29 is 13.2 Å². The molecule has 2 heterocycles. The minimum absolute atomic E-state index is 0.0766. The topological polar surface area (TPSA) is 72.3 Å². The van der Waals surface area contributed by atoms with Gasteiger partial charge < -0.3 is 4.90 Å². The summed E-state index contributed by atoms with van der Waals surface area (Å²) in [6.07, 6.45) is 3.36. The van der Waals surface area contributed by atoms with Crippen molar-refractivity contribution in [2.24, 2.45) is 0 Å². The zero-order chi connectivity index (χ0) is 15.0. The molecule has 1 amide bonds. The third kappa shape index (κ3) is 2.79. The Morgan fingerprint density at radius 2 is 2.00 bits per heavy atom. The van der Waals surface area contributed by atoms with Gasteiger partial charge in [-0.3, -0.25) is 4.79 Å². The second-order valence-corrected chi connectivity index (χ2v) is 7.68. The molecule has 110 valence electrons. The maximum atomic E-state index is 12.0. The minimum atomic E-state index is -3.74. The molecule has 0 N–H and O–H groups in total. The molecule has 0 bridgehead atoms. The molecule has 6 nitrogen and oxygen atoms in total. The second kappa shape index (κ2) is 5.16. The number of carbonyl (C=O) groups excluding carboxylic acids is 1. The molecule has 1 aliphatic heterocycles. The summed E-state index contributed by atoms with van der Waals surface area (Å²) in [6.45, 7) is 0.0766. The molecular weight excluding hydrogens is 314 g/mol. The van der Waals surface area contributed by atoms with Crippen molar-refractivity contribution in [2.75, 3.05) is 11.4 Å². The predicted octanol–water partition coefficient (Wildman–Crippen LogP) is 1.55. The van der Waals surface area contributed by atoms with Crippen molar-refractivity contribution in [1.82, 2.24) is 9.78 Å². The lowest BCUT2D eigenvalue weighted by atomic mass is 10.2. The van der Waals surface area contributed by atoms with Crippen LogP contribution in [0.1, 0.15) is 6.42 Å². The van der Waals surface area contributed by atoms with E-state index in [4.69, 9.17) is 10.7 Å². The number of halogens is 1. The normalized spacial score (nSPS) is 19.2. The van der Waals surface area contributed by atoms with Gasteiger partial charge in [-0.2, -0.15) is 5.10 Å². The van der Waals surface area contributed by atoms with E-state index in [-0.39, 0.29) is 18.9 Å². The highest BCUT2D eigenvalue weighted by Crippen LogP contribution is 2.27. The van der Waals surface area contributed by atoms with Crippen molar-refractivity contribution in [3.63, 3.8) is 0 Å².